The number of halogens is 1. The van der Waals surface area contributed by atoms with Gasteiger partial charge in [-0.1, -0.05) is 36.9 Å². The van der Waals surface area contributed by atoms with Gasteiger partial charge in [-0.2, -0.15) is 0 Å². The van der Waals surface area contributed by atoms with Crippen LogP contribution < -0.4 is 10.1 Å². The summed E-state index contributed by atoms with van der Waals surface area (Å²) < 4.78 is 22.5. The molecule has 1 aromatic rings. The summed E-state index contributed by atoms with van der Waals surface area (Å²) in [5.74, 6) is -1.16. The lowest BCUT2D eigenvalue weighted by Crippen LogP contribution is -2.77. The minimum atomic E-state index is -2.17. The Labute approximate surface area is 205 Å². The molecule has 0 saturated carbocycles. The molecule has 10 heteroatoms. The van der Waals surface area contributed by atoms with Gasteiger partial charge < -0.3 is 14.0 Å². The van der Waals surface area contributed by atoms with Crippen LogP contribution in [-0.4, -0.2) is 45.4 Å². The third-order valence-electron chi connectivity index (χ3n) is 5.29. The van der Waals surface area contributed by atoms with E-state index in [-0.39, 0.29) is 18.6 Å². The number of hydrogen-bond acceptors (Lipinski definition) is 6. The molecule has 1 heterocycles. The van der Waals surface area contributed by atoms with E-state index < -0.39 is 39.2 Å². The zero-order valence-corrected chi connectivity index (χ0v) is 20.6. The molecular weight excluding hydrogens is 480 g/mol. The number of methoxy groups -OCH3 is 1. The van der Waals surface area contributed by atoms with E-state index in [1.165, 1.54) is 25.0 Å². The van der Waals surface area contributed by atoms with Crippen LogP contribution in [0, 0.1) is 0 Å². The first-order valence-electron chi connectivity index (χ1n) is 10.3. The standard InChI is InChI=1S/C18H21ClN2O6S.C6H4/c1-11(2)16(17(24)27-10-13-5-7-14(26-4)8-6-13)21-15(23)9-18(21,28(19)25)20-12(3)22;1-2-5-4-6(5)3-1/h5-8,16H,1,9-10H2,2-4H3,(H,20,22);1-4H. The van der Waals surface area contributed by atoms with Crippen molar-refractivity contribution < 1.29 is 28.4 Å². The molecule has 3 atom stereocenters. The Bertz CT molecular complexity index is 1090. The van der Waals surface area contributed by atoms with Gasteiger partial charge in [0.2, 0.25) is 11.8 Å². The van der Waals surface area contributed by atoms with Crippen molar-refractivity contribution in [3.05, 3.63) is 66.2 Å². The largest absolute Gasteiger partial charge is 0.596 e. The highest BCUT2D eigenvalue weighted by Crippen LogP contribution is 2.40. The van der Waals surface area contributed by atoms with E-state index in [2.05, 4.69) is 36.2 Å². The molecule has 1 aliphatic heterocycles. The van der Waals surface area contributed by atoms with E-state index >= 15 is 0 Å². The number of nitrogens with one attached hydrogen (secondary N) is 1. The molecule has 0 aromatic heterocycles. The maximum Gasteiger partial charge on any atom is 0.333 e. The summed E-state index contributed by atoms with van der Waals surface area (Å²) in [4.78, 5) is 35.8. The second kappa shape index (κ2) is 10.5. The number of carbonyl (C=O) groups excluding carboxylic acids is 3. The van der Waals surface area contributed by atoms with Crippen LogP contribution in [0.3, 0.4) is 0 Å². The molecule has 1 N–H and O–H groups in total. The first-order chi connectivity index (χ1) is 16.1. The molecule has 0 bridgehead atoms. The number of esters is 1. The molecule has 1 saturated heterocycles. The third-order valence-corrected chi connectivity index (χ3v) is 7.03. The van der Waals surface area contributed by atoms with Crippen LogP contribution in [0.2, 0.25) is 0 Å². The van der Waals surface area contributed by atoms with Crippen molar-refractivity contribution in [2.45, 2.75) is 37.9 Å². The van der Waals surface area contributed by atoms with Gasteiger partial charge >= 0.3 is 11.0 Å². The number of hydrogen-bond donors (Lipinski definition) is 1. The number of nitrogens with zero attached hydrogens (tertiary/aromatic N) is 1. The van der Waals surface area contributed by atoms with Gasteiger partial charge in [-0.3, -0.25) is 19.8 Å². The van der Waals surface area contributed by atoms with Crippen LogP contribution in [0.1, 0.15) is 25.8 Å². The maximum atomic E-state index is 12.7. The number of amides is 2. The zero-order chi connectivity index (χ0) is 25.0. The Morgan fingerprint density at radius 3 is 2.24 bits per heavy atom. The highest BCUT2D eigenvalue weighted by atomic mass is 35.7. The maximum absolute atomic E-state index is 12.7. The smallest absolute Gasteiger partial charge is 0.333 e. The monoisotopic (exact) mass is 504 g/mol. The molecule has 2 aliphatic carbocycles. The Morgan fingerprint density at radius 1 is 1.24 bits per heavy atom. The quantitative estimate of drug-likeness (QED) is 0.218. The van der Waals surface area contributed by atoms with Crippen molar-refractivity contribution in [3.63, 3.8) is 0 Å². The summed E-state index contributed by atoms with van der Waals surface area (Å²) in [6.07, 6.45) is -0.293. The highest BCUT2D eigenvalue weighted by molar-refractivity contribution is 8.14. The summed E-state index contributed by atoms with van der Waals surface area (Å²) in [5, 5.41) is 2.42. The molecule has 8 nitrogen and oxygen atoms in total. The van der Waals surface area contributed by atoms with Gasteiger partial charge in [0.05, 0.1) is 7.11 Å². The van der Waals surface area contributed by atoms with E-state index in [1.807, 2.05) is 0 Å². The van der Waals surface area contributed by atoms with Crippen LogP contribution in [-0.2, 0) is 36.1 Å². The Balaban J connectivity index is 0.000000457. The highest BCUT2D eigenvalue weighted by Gasteiger charge is 2.65. The summed E-state index contributed by atoms with van der Waals surface area (Å²) in [5.41, 5.74) is 3.84. The fraction of sp³-hybridized carbons (Fsp3) is 0.292. The summed E-state index contributed by atoms with van der Waals surface area (Å²) in [7, 11) is 5.14. The van der Waals surface area contributed by atoms with E-state index in [0.717, 1.165) is 4.90 Å². The fourth-order valence-electron chi connectivity index (χ4n) is 3.55. The van der Waals surface area contributed by atoms with Crippen molar-refractivity contribution >= 4 is 38.9 Å². The van der Waals surface area contributed by atoms with Crippen molar-refractivity contribution in [2.75, 3.05) is 7.11 Å². The topological polar surface area (TPSA) is 108 Å². The van der Waals surface area contributed by atoms with Crippen LogP contribution in [0.25, 0.3) is 11.1 Å². The van der Waals surface area contributed by atoms with E-state index in [0.29, 0.717) is 11.3 Å². The van der Waals surface area contributed by atoms with E-state index in [1.54, 1.807) is 31.4 Å². The SMILES string of the molecule is C=C(C)C(C(=O)OCc1ccc(OC)cc1)N1C(=O)CC1(NC(C)=O)[S+]([O-])Cl.c1cc2cc-2c1. The van der Waals surface area contributed by atoms with E-state index in [9.17, 15) is 18.9 Å². The van der Waals surface area contributed by atoms with Crippen LogP contribution in [0.4, 0.5) is 0 Å². The predicted octanol–water partition coefficient (Wildman–Crippen LogP) is 3.27. The Morgan fingerprint density at radius 2 is 1.85 bits per heavy atom. The number of rotatable bonds is 8. The lowest BCUT2D eigenvalue weighted by molar-refractivity contribution is -0.169. The number of carbonyl (C=O) groups is 3. The molecule has 0 radical (unpaired) electrons. The summed E-state index contributed by atoms with van der Waals surface area (Å²) in [6, 6.07) is 14.1. The van der Waals surface area contributed by atoms with Crippen LogP contribution >= 0.6 is 10.7 Å². The molecule has 1 fully saturated rings. The molecule has 4 rings (SSSR count). The van der Waals surface area contributed by atoms with Crippen LogP contribution in [0.15, 0.2) is 60.7 Å². The predicted molar refractivity (Wildman–Crippen MR) is 129 cm³/mol. The minimum Gasteiger partial charge on any atom is -0.596 e. The van der Waals surface area contributed by atoms with Crippen molar-refractivity contribution in [1.29, 1.82) is 0 Å². The van der Waals surface area contributed by atoms with Gasteiger partial charge in [-0.25, -0.2) is 4.79 Å². The number of benzene rings is 2. The molecule has 3 unspecified atom stereocenters. The second-order valence-electron chi connectivity index (χ2n) is 7.92. The van der Waals surface area contributed by atoms with Crippen molar-refractivity contribution in [2.24, 2.45) is 0 Å². The average molecular weight is 505 g/mol. The lowest BCUT2D eigenvalue weighted by atomic mass is 9.99. The molecule has 34 heavy (non-hydrogen) atoms. The number of β-lactam (4-membered cyclic amide) rings is 1. The fourth-order valence-corrected chi connectivity index (χ4v) is 4.87. The normalized spacial score (nSPS) is 19.0. The average Bonchev–Trinajstić information content (AvgIpc) is 3.39. The van der Waals surface area contributed by atoms with Gasteiger partial charge in [0.25, 0.3) is 0 Å². The minimum absolute atomic E-state index is 0.0499. The van der Waals surface area contributed by atoms with Crippen molar-refractivity contribution in [3.8, 4) is 16.9 Å². The molecular formula is C24H25ClN2O6S. The van der Waals surface area contributed by atoms with Gasteiger partial charge in [0.15, 0.2) is 16.7 Å². The van der Waals surface area contributed by atoms with Crippen molar-refractivity contribution in [1.82, 2.24) is 10.2 Å². The lowest BCUT2D eigenvalue weighted by Gasteiger charge is -2.50. The van der Waals surface area contributed by atoms with Crippen LogP contribution in [0.5, 0.6) is 5.75 Å². The Kier molecular flexibility index (Phi) is 7.91. The van der Waals surface area contributed by atoms with Gasteiger partial charge in [0, 0.05) is 6.92 Å². The number of fused-ring (bicyclic) bond motifs is 1. The van der Waals surface area contributed by atoms with E-state index in [4.69, 9.17) is 20.2 Å². The first-order valence-corrected chi connectivity index (χ1v) is 12.3. The molecule has 1 aromatic carbocycles. The van der Waals surface area contributed by atoms with Gasteiger partial charge in [-0.15, -0.1) is 0 Å². The first kappa shape index (κ1) is 25.6. The Hall–Kier alpha value is -3.01. The molecule has 3 aliphatic rings. The summed E-state index contributed by atoms with van der Waals surface area (Å²) in [6.45, 7) is 6.41. The zero-order valence-electron chi connectivity index (χ0n) is 19.0. The third kappa shape index (κ3) is 5.55. The second-order valence-corrected chi connectivity index (χ2v) is 9.88. The number of ether oxygens (including phenoxy) is 2. The number of likely N-dealkylation sites (tertiary alicyclic amines) is 1. The van der Waals surface area contributed by atoms with Gasteiger partial charge in [0.1, 0.15) is 29.2 Å². The molecule has 180 valence electrons. The molecule has 2 amide bonds. The molecule has 0 spiro atoms. The van der Waals surface area contributed by atoms with Gasteiger partial charge in [-0.05, 0) is 47.4 Å². The summed E-state index contributed by atoms with van der Waals surface area (Å²) >= 11 is 0.